The Morgan fingerprint density at radius 1 is 1.20 bits per heavy atom. The van der Waals surface area contributed by atoms with E-state index in [1.807, 2.05) is 24.3 Å². The number of carbonyl (C=O) groups is 2. The zero-order chi connectivity index (χ0) is 28.9. The van der Waals surface area contributed by atoms with Gasteiger partial charge in [-0.05, 0) is 42.5 Å². The van der Waals surface area contributed by atoms with Gasteiger partial charge in [-0.25, -0.2) is 4.68 Å². The van der Waals surface area contributed by atoms with Crippen molar-refractivity contribution in [1.29, 1.82) is 5.26 Å². The molecule has 2 fully saturated rings. The van der Waals surface area contributed by atoms with Gasteiger partial charge in [0, 0.05) is 24.1 Å². The summed E-state index contributed by atoms with van der Waals surface area (Å²) in [4.78, 5) is 28.8. The van der Waals surface area contributed by atoms with Crippen LogP contribution < -0.4 is 10.6 Å². The summed E-state index contributed by atoms with van der Waals surface area (Å²) in [5.41, 5.74) is 0.913. The van der Waals surface area contributed by atoms with Gasteiger partial charge in [0.05, 0.1) is 34.5 Å². The van der Waals surface area contributed by atoms with Gasteiger partial charge in [0.15, 0.2) is 0 Å². The molecule has 3 aliphatic rings. The first-order valence-electron chi connectivity index (χ1n) is 13.4. The number of alkyl halides is 3. The van der Waals surface area contributed by atoms with E-state index in [-0.39, 0.29) is 29.6 Å². The summed E-state index contributed by atoms with van der Waals surface area (Å²) in [6, 6.07) is 13.3. The molecule has 2 aromatic carbocycles. The van der Waals surface area contributed by atoms with E-state index in [0.29, 0.717) is 12.8 Å². The highest BCUT2D eigenvalue weighted by Gasteiger charge is 2.53. The maximum atomic E-state index is 13.9. The van der Waals surface area contributed by atoms with Crippen molar-refractivity contribution in [2.75, 3.05) is 11.9 Å². The molecule has 1 saturated carbocycles. The second-order valence-corrected chi connectivity index (χ2v) is 10.9. The lowest BCUT2D eigenvalue weighted by molar-refractivity contribution is -0.137. The van der Waals surface area contributed by atoms with Crippen LogP contribution in [0.4, 0.5) is 18.9 Å². The van der Waals surface area contributed by atoms with Crippen LogP contribution in [0.2, 0.25) is 0 Å². The van der Waals surface area contributed by atoms with Gasteiger partial charge in [0.2, 0.25) is 5.91 Å². The molecule has 0 unspecified atom stereocenters. The van der Waals surface area contributed by atoms with Gasteiger partial charge in [-0.3, -0.25) is 9.59 Å². The Bertz CT molecular complexity index is 1590. The molecule has 11 heteroatoms. The molecule has 6 rings (SSSR count). The third-order valence-corrected chi connectivity index (χ3v) is 8.27. The number of hydrogen-bond donors (Lipinski definition) is 2. The molecule has 1 aromatic heterocycles. The van der Waals surface area contributed by atoms with Crippen molar-refractivity contribution >= 4 is 17.5 Å². The lowest BCUT2D eigenvalue weighted by atomic mass is 9.78. The summed E-state index contributed by atoms with van der Waals surface area (Å²) < 4.78 is 41.6. The van der Waals surface area contributed by atoms with Gasteiger partial charge in [0.25, 0.3) is 5.91 Å². The van der Waals surface area contributed by atoms with E-state index in [1.165, 1.54) is 35.5 Å². The van der Waals surface area contributed by atoms with Crippen LogP contribution >= 0.6 is 0 Å². The topological polar surface area (TPSA) is 103 Å². The SMILES string of the molecule is C=C1Nc2ccccc2[C@@]12C[C@@H](C#N)N(C(=O)[C@H](CC1CC1)NC(=O)c1cnn(-c3ccccc3C(F)(F)F)c1)C2. The number of anilines is 1. The Labute approximate surface area is 234 Å². The molecule has 2 aliphatic heterocycles. The maximum absolute atomic E-state index is 13.9. The Morgan fingerprint density at radius 2 is 1.93 bits per heavy atom. The first kappa shape index (κ1) is 26.6. The molecular formula is C30H27F3N6O2. The minimum Gasteiger partial charge on any atom is -0.358 e. The Kier molecular flexibility index (Phi) is 6.36. The third kappa shape index (κ3) is 4.73. The van der Waals surface area contributed by atoms with E-state index in [2.05, 4.69) is 28.4 Å². The minimum atomic E-state index is -4.60. The van der Waals surface area contributed by atoms with Crippen LogP contribution in [0.1, 0.15) is 47.2 Å². The molecule has 1 aliphatic carbocycles. The average Bonchev–Trinajstić information content (AvgIpc) is 3.38. The van der Waals surface area contributed by atoms with Crippen LogP contribution in [0.5, 0.6) is 0 Å². The second-order valence-electron chi connectivity index (χ2n) is 10.9. The van der Waals surface area contributed by atoms with Crippen molar-refractivity contribution in [3.8, 4) is 11.8 Å². The molecule has 0 bridgehead atoms. The van der Waals surface area contributed by atoms with E-state index >= 15 is 0 Å². The second kappa shape index (κ2) is 9.80. The molecule has 0 radical (unpaired) electrons. The first-order chi connectivity index (χ1) is 19.6. The van der Waals surface area contributed by atoms with Crippen molar-refractivity contribution in [1.82, 2.24) is 20.0 Å². The van der Waals surface area contributed by atoms with Crippen molar-refractivity contribution in [3.63, 3.8) is 0 Å². The summed E-state index contributed by atoms with van der Waals surface area (Å²) in [6.07, 6.45) is 0.456. The van der Waals surface area contributed by atoms with Gasteiger partial charge in [-0.15, -0.1) is 0 Å². The zero-order valence-electron chi connectivity index (χ0n) is 22.0. The average molecular weight is 561 g/mol. The molecule has 3 atom stereocenters. The van der Waals surface area contributed by atoms with Crippen molar-refractivity contribution in [2.45, 2.75) is 49.4 Å². The van der Waals surface area contributed by atoms with Gasteiger partial charge in [-0.1, -0.05) is 49.8 Å². The normalized spacial score (nSPS) is 22.2. The van der Waals surface area contributed by atoms with E-state index in [9.17, 15) is 28.0 Å². The summed E-state index contributed by atoms with van der Waals surface area (Å²) in [5.74, 6) is -0.716. The highest BCUT2D eigenvalue weighted by Crippen LogP contribution is 2.50. The van der Waals surface area contributed by atoms with Crippen molar-refractivity contribution < 1.29 is 22.8 Å². The third-order valence-electron chi connectivity index (χ3n) is 8.27. The fraction of sp³-hybridized carbons (Fsp3) is 0.333. The predicted molar refractivity (Wildman–Crippen MR) is 144 cm³/mol. The molecular weight excluding hydrogens is 533 g/mol. The quantitative estimate of drug-likeness (QED) is 0.451. The molecule has 8 nitrogen and oxygen atoms in total. The first-order valence-corrected chi connectivity index (χ1v) is 13.4. The Morgan fingerprint density at radius 3 is 2.66 bits per heavy atom. The molecule has 1 spiro atoms. The van der Waals surface area contributed by atoms with Gasteiger partial charge < -0.3 is 15.5 Å². The fourth-order valence-electron chi connectivity index (χ4n) is 5.96. The van der Waals surface area contributed by atoms with Crippen LogP contribution in [0.25, 0.3) is 5.69 Å². The number of hydrogen-bond acceptors (Lipinski definition) is 5. The van der Waals surface area contributed by atoms with Crippen LogP contribution in [-0.4, -0.2) is 45.1 Å². The number of nitrogens with zero attached hydrogens (tertiary/aromatic N) is 4. The Hall–Kier alpha value is -4.59. The van der Waals surface area contributed by atoms with Crippen molar-refractivity contribution in [3.05, 3.63) is 89.9 Å². The molecule has 210 valence electrons. The number of fused-ring (bicyclic) bond motifs is 2. The van der Waals surface area contributed by atoms with Crippen LogP contribution in [-0.2, 0) is 16.4 Å². The number of carbonyl (C=O) groups excluding carboxylic acids is 2. The number of aromatic nitrogens is 2. The molecule has 2 N–H and O–H groups in total. The molecule has 3 heterocycles. The van der Waals surface area contributed by atoms with E-state index in [0.717, 1.165) is 40.5 Å². The van der Waals surface area contributed by atoms with Gasteiger partial charge in [-0.2, -0.15) is 23.5 Å². The van der Waals surface area contributed by atoms with Gasteiger partial charge in [0.1, 0.15) is 12.1 Å². The number of halogens is 3. The Balaban J connectivity index is 1.24. The lowest BCUT2D eigenvalue weighted by Crippen LogP contribution is -2.50. The van der Waals surface area contributed by atoms with E-state index in [4.69, 9.17) is 0 Å². The molecule has 3 aromatic rings. The van der Waals surface area contributed by atoms with Crippen LogP contribution in [0.15, 0.2) is 73.2 Å². The standard InChI is InChI=1S/C30H27F3N6O2/c1-18-29(22-6-2-4-8-24(22)36-18)13-21(14-34)38(17-29)28(41)25(12-19-10-11-19)37-27(40)20-15-35-39(16-20)26-9-5-3-7-23(26)30(31,32)33/h2-9,15-16,19,21,25,36H,1,10-13,17H2,(H,37,40)/t21-,25-,29+/m0/s1. The number of rotatable bonds is 6. The van der Waals surface area contributed by atoms with Gasteiger partial charge >= 0.3 is 6.18 Å². The summed E-state index contributed by atoms with van der Waals surface area (Å²) in [7, 11) is 0. The number of para-hydroxylation sites is 2. The predicted octanol–water partition coefficient (Wildman–Crippen LogP) is 4.79. The number of benzene rings is 2. The summed E-state index contributed by atoms with van der Waals surface area (Å²) in [6.45, 7) is 4.44. The van der Waals surface area contributed by atoms with Crippen molar-refractivity contribution in [2.24, 2.45) is 5.92 Å². The zero-order valence-corrected chi connectivity index (χ0v) is 22.0. The highest BCUT2D eigenvalue weighted by atomic mass is 19.4. The largest absolute Gasteiger partial charge is 0.418 e. The molecule has 1 saturated heterocycles. The minimum absolute atomic E-state index is 0.0209. The van der Waals surface area contributed by atoms with E-state index in [1.54, 1.807) is 0 Å². The number of likely N-dealkylation sites (tertiary alicyclic amines) is 1. The maximum Gasteiger partial charge on any atom is 0.418 e. The van der Waals surface area contributed by atoms with E-state index < -0.39 is 35.1 Å². The monoisotopic (exact) mass is 560 g/mol. The number of nitriles is 1. The molecule has 41 heavy (non-hydrogen) atoms. The molecule has 2 amide bonds. The highest BCUT2D eigenvalue weighted by molar-refractivity contribution is 5.97. The number of nitrogens with one attached hydrogen (secondary N) is 2. The summed E-state index contributed by atoms with van der Waals surface area (Å²) in [5, 5.41) is 20.1. The lowest BCUT2D eigenvalue weighted by Gasteiger charge is -2.28. The van der Waals surface area contributed by atoms with Crippen LogP contribution in [0.3, 0.4) is 0 Å². The summed E-state index contributed by atoms with van der Waals surface area (Å²) >= 11 is 0. The van der Waals surface area contributed by atoms with Crippen LogP contribution in [0, 0.1) is 17.2 Å². The fourth-order valence-corrected chi connectivity index (χ4v) is 5.96. The smallest absolute Gasteiger partial charge is 0.358 e. The number of amides is 2.